The van der Waals surface area contributed by atoms with Gasteiger partial charge in [-0.15, -0.1) is 0 Å². The van der Waals surface area contributed by atoms with Crippen molar-refractivity contribution in [3.8, 4) is 0 Å². The summed E-state index contributed by atoms with van der Waals surface area (Å²) in [5, 5.41) is 7.91. The molecule has 3 fully saturated rings. The van der Waals surface area contributed by atoms with Gasteiger partial charge in [0.05, 0.1) is 12.0 Å². The molecule has 0 amide bonds. The Morgan fingerprint density at radius 1 is 1.25 bits per heavy atom. The highest BCUT2D eigenvalue weighted by Crippen LogP contribution is 2.39. The van der Waals surface area contributed by atoms with Gasteiger partial charge in [-0.1, -0.05) is 5.16 Å². The molecule has 3 saturated heterocycles. The Hall–Kier alpha value is -0.980. The molecule has 0 radical (unpaired) electrons. The maximum Gasteiger partial charge on any atom is 0.231 e. The summed E-state index contributed by atoms with van der Waals surface area (Å²) in [4.78, 5) is 9.39. The molecule has 1 aromatic heterocycles. The second-order valence-electron chi connectivity index (χ2n) is 6.64. The van der Waals surface area contributed by atoms with Crippen molar-refractivity contribution in [2.24, 2.45) is 0 Å². The highest BCUT2D eigenvalue weighted by Gasteiger charge is 2.43. The van der Waals surface area contributed by atoms with Crippen molar-refractivity contribution in [1.82, 2.24) is 25.3 Å². The van der Waals surface area contributed by atoms with Crippen molar-refractivity contribution in [2.75, 3.05) is 33.7 Å². The fourth-order valence-corrected chi connectivity index (χ4v) is 3.92. The molecule has 4 unspecified atom stereocenters. The van der Waals surface area contributed by atoms with Gasteiger partial charge in [-0.3, -0.25) is 4.90 Å². The van der Waals surface area contributed by atoms with Gasteiger partial charge >= 0.3 is 0 Å². The molecule has 0 saturated carbocycles. The van der Waals surface area contributed by atoms with Crippen molar-refractivity contribution in [2.45, 2.75) is 43.3 Å². The van der Waals surface area contributed by atoms with E-state index in [-0.39, 0.29) is 6.04 Å². The van der Waals surface area contributed by atoms with Crippen LogP contribution in [0.2, 0.25) is 0 Å². The summed E-state index contributed by atoms with van der Waals surface area (Å²) in [7, 11) is 4.30. The Bertz CT molecular complexity index is 490. The molecule has 1 N–H and O–H groups in total. The maximum absolute atomic E-state index is 5.59. The van der Waals surface area contributed by atoms with E-state index in [2.05, 4.69) is 34.4 Å². The molecular formula is C14H23N5O. The van der Waals surface area contributed by atoms with Gasteiger partial charge in [-0.05, 0) is 33.4 Å². The zero-order chi connectivity index (χ0) is 13.7. The first-order valence-corrected chi connectivity index (χ1v) is 7.69. The van der Waals surface area contributed by atoms with Crippen LogP contribution in [0.4, 0.5) is 0 Å². The standard InChI is InChI=1S/C14H23N5O/c1-18-5-6-19(2)12(8-18)13-16-14(20-17-13)10-7-9-3-4-11(10)15-9/h9-12,15H,3-8H2,1-2H3. The lowest BCUT2D eigenvalue weighted by Crippen LogP contribution is -2.45. The number of fused-ring (bicyclic) bond motifs is 2. The first-order valence-electron chi connectivity index (χ1n) is 7.69. The molecule has 6 nitrogen and oxygen atoms in total. The lowest BCUT2D eigenvalue weighted by molar-refractivity contribution is 0.108. The molecule has 3 aliphatic rings. The van der Waals surface area contributed by atoms with Gasteiger partial charge in [-0.25, -0.2) is 0 Å². The van der Waals surface area contributed by atoms with Gasteiger partial charge in [0.1, 0.15) is 0 Å². The summed E-state index contributed by atoms with van der Waals surface area (Å²) < 4.78 is 5.59. The Balaban J connectivity index is 1.53. The third kappa shape index (κ3) is 2.06. The molecule has 0 spiro atoms. The number of nitrogens with zero attached hydrogens (tertiary/aromatic N) is 4. The van der Waals surface area contributed by atoms with E-state index in [9.17, 15) is 0 Å². The SMILES string of the molecule is CN1CCN(C)C(c2noc(C3CC4CCC3N4)n2)C1. The quantitative estimate of drug-likeness (QED) is 0.854. The van der Waals surface area contributed by atoms with Crippen LogP contribution in [0.1, 0.15) is 42.9 Å². The molecule has 4 rings (SSSR count). The number of hydrogen-bond donors (Lipinski definition) is 1. The zero-order valence-electron chi connectivity index (χ0n) is 12.2. The first kappa shape index (κ1) is 12.7. The van der Waals surface area contributed by atoms with E-state index >= 15 is 0 Å². The molecule has 4 atom stereocenters. The Morgan fingerprint density at radius 2 is 2.15 bits per heavy atom. The van der Waals surface area contributed by atoms with E-state index in [0.717, 1.165) is 37.8 Å². The molecule has 0 aromatic carbocycles. The molecule has 1 aromatic rings. The summed E-state index contributed by atoms with van der Waals surface area (Å²) in [5.74, 6) is 2.14. The van der Waals surface area contributed by atoms with Crippen molar-refractivity contribution < 1.29 is 4.52 Å². The third-order valence-corrected chi connectivity index (χ3v) is 5.22. The summed E-state index contributed by atoms with van der Waals surface area (Å²) in [5.41, 5.74) is 0. The predicted molar refractivity (Wildman–Crippen MR) is 74.5 cm³/mol. The van der Waals surface area contributed by atoms with E-state index in [1.807, 2.05) is 0 Å². The third-order valence-electron chi connectivity index (χ3n) is 5.22. The Labute approximate surface area is 119 Å². The van der Waals surface area contributed by atoms with Crippen LogP contribution in [0.5, 0.6) is 0 Å². The zero-order valence-corrected chi connectivity index (χ0v) is 12.2. The highest BCUT2D eigenvalue weighted by molar-refractivity contribution is 5.11. The van der Waals surface area contributed by atoms with Crippen LogP contribution < -0.4 is 5.32 Å². The van der Waals surface area contributed by atoms with Crippen LogP contribution in [0, 0.1) is 0 Å². The van der Waals surface area contributed by atoms with Crippen molar-refractivity contribution >= 4 is 0 Å². The van der Waals surface area contributed by atoms with Gasteiger partial charge in [0, 0.05) is 31.7 Å². The lowest BCUT2D eigenvalue weighted by atomic mass is 9.89. The van der Waals surface area contributed by atoms with Crippen molar-refractivity contribution in [3.05, 3.63) is 11.7 Å². The van der Waals surface area contributed by atoms with Crippen LogP contribution >= 0.6 is 0 Å². The molecule has 2 bridgehead atoms. The average molecular weight is 277 g/mol. The number of rotatable bonds is 2. The minimum Gasteiger partial charge on any atom is -0.339 e. The van der Waals surface area contributed by atoms with Gasteiger partial charge in [-0.2, -0.15) is 4.98 Å². The number of likely N-dealkylation sites (N-methyl/N-ethyl adjacent to an activating group) is 2. The molecule has 3 aliphatic heterocycles. The average Bonchev–Trinajstić information content (AvgIpc) is 3.15. The fraction of sp³-hybridized carbons (Fsp3) is 0.857. The topological polar surface area (TPSA) is 57.4 Å². The second kappa shape index (κ2) is 4.79. The Kier molecular flexibility index (Phi) is 3.05. The number of piperazine rings is 1. The van der Waals surface area contributed by atoms with E-state index in [4.69, 9.17) is 9.51 Å². The van der Waals surface area contributed by atoms with Crippen LogP contribution in [-0.4, -0.2) is 65.8 Å². The molecular weight excluding hydrogens is 254 g/mol. The highest BCUT2D eigenvalue weighted by atomic mass is 16.5. The number of hydrogen-bond acceptors (Lipinski definition) is 6. The molecule has 4 heterocycles. The molecule has 6 heteroatoms. The van der Waals surface area contributed by atoms with E-state index < -0.39 is 0 Å². The molecule has 20 heavy (non-hydrogen) atoms. The normalized spacial score (nSPS) is 38.7. The first-order chi connectivity index (χ1) is 9.70. The van der Waals surface area contributed by atoms with Gasteiger partial charge < -0.3 is 14.7 Å². The number of aromatic nitrogens is 2. The van der Waals surface area contributed by atoms with E-state index in [0.29, 0.717) is 18.0 Å². The number of nitrogens with one attached hydrogen (secondary N) is 1. The van der Waals surface area contributed by atoms with Crippen LogP contribution in [0.3, 0.4) is 0 Å². The largest absolute Gasteiger partial charge is 0.339 e. The molecule has 110 valence electrons. The van der Waals surface area contributed by atoms with E-state index in [1.54, 1.807) is 0 Å². The summed E-state index contributed by atoms with van der Waals surface area (Å²) in [6, 6.07) is 1.49. The van der Waals surface area contributed by atoms with Crippen LogP contribution in [-0.2, 0) is 0 Å². The van der Waals surface area contributed by atoms with Crippen molar-refractivity contribution in [3.63, 3.8) is 0 Å². The minimum atomic E-state index is 0.262. The smallest absolute Gasteiger partial charge is 0.231 e. The fourth-order valence-electron chi connectivity index (χ4n) is 3.92. The Morgan fingerprint density at radius 3 is 2.90 bits per heavy atom. The van der Waals surface area contributed by atoms with Gasteiger partial charge in [0.25, 0.3) is 0 Å². The summed E-state index contributed by atoms with van der Waals surface area (Å²) >= 11 is 0. The second-order valence-corrected chi connectivity index (χ2v) is 6.64. The van der Waals surface area contributed by atoms with E-state index in [1.165, 1.54) is 12.8 Å². The summed E-state index contributed by atoms with van der Waals surface area (Å²) in [6.45, 7) is 3.14. The van der Waals surface area contributed by atoms with Crippen molar-refractivity contribution in [1.29, 1.82) is 0 Å². The van der Waals surface area contributed by atoms with Crippen LogP contribution in [0.25, 0.3) is 0 Å². The predicted octanol–water partition coefficient (Wildman–Crippen LogP) is 0.596. The maximum atomic E-state index is 5.59. The minimum absolute atomic E-state index is 0.262. The monoisotopic (exact) mass is 277 g/mol. The molecule has 0 aliphatic carbocycles. The summed E-state index contributed by atoms with van der Waals surface area (Å²) in [6.07, 6.45) is 3.71. The van der Waals surface area contributed by atoms with Crippen LogP contribution in [0.15, 0.2) is 4.52 Å². The lowest BCUT2D eigenvalue weighted by Gasteiger charge is -2.35. The van der Waals surface area contributed by atoms with Gasteiger partial charge in [0.2, 0.25) is 5.89 Å². The van der Waals surface area contributed by atoms with Gasteiger partial charge in [0.15, 0.2) is 5.82 Å².